The van der Waals surface area contributed by atoms with Crippen molar-refractivity contribution in [3.8, 4) is 0 Å². The molecule has 0 N–H and O–H groups in total. The molecular formula is C11H8BrClO. The Hall–Kier alpha value is -0.730. The molecule has 14 heavy (non-hydrogen) atoms. The molecule has 1 aromatic carbocycles. The minimum Gasteiger partial charge on any atom is -0.452 e. The first-order valence-electron chi connectivity index (χ1n) is 4.21. The Morgan fingerprint density at radius 1 is 1.07 bits per heavy atom. The maximum absolute atomic E-state index is 6.23. The van der Waals surface area contributed by atoms with Crippen molar-refractivity contribution in [2.24, 2.45) is 0 Å². The van der Waals surface area contributed by atoms with Crippen molar-refractivity contribution in [2.45, 2.75) is 5.38 Å². The SMILES string of the molecule is ClC(c1ccccc1)c1ccc(Br)o1. The Bertz CT molecular complexity index is 410. The Balaban J connectivity index is 2.29. The average Bonchev–Trinajstić information content (AvgIpc) is 2.65. The normalized spacial score (nSPS) is 12.7. The summed E-state index contributed by atoms with van der Waals surface area (Å²) >= 11 is 9.48. The molecule has 0 fully saturated rings. The highest BCUT2D eigenvalue weighted by molar-refractivity contribution is 9.10. The van der Waals surface area contributed by atoms with Gasteiger partial charge >= 0.3 is 0 Å². The summed E-state index contributed by atoms with van der Waals surface area (Å²) < 4.78 is 6.09. The molecule has 0 aliphatic heterocycles. The van der Waals surface area contributed by atoms with E-state index in [-0.39, 0.29) is 5.38 Å². The summed E-state index contributed by atoms with van der Waals surface area (Å²) in [5, 5.41) is -0.220. The number of halogens is 2. The van der Waals surface area contributed by atoms with Gasteiger partial charge in [0.25, 0.3) is 0 Å². The van der Waals surface area contributed by atoms with E-state index in [0.29, 0.717) is 4.67 Å². The lowest BCUT2D eigenvalue weighted by atomic mass is 10.1. The van der Waals surface area contributed by atoms with Gasteiger partial charge in [0.05, 0.1) is 0 Å². The van der Waals surface area contributed by atoms with E-state index in [1.807, 2.05) is 42.5 Å². The predicted molar refractivity (Wildman–Crippen MR) is 60.5 cm³/mol. The third-order valence-corrected chi connectivity index (χ3v) is 2.83. The van der Waals surface area contributed by atoms with Gasteiger partial charge in [-0.3, -0.25) is 0 Å². The molecule has 0 aliphatic rings. The van der Waals surface area contributed by atoms with Crippen molar-refractivity contribution in [1.82, 2.24) is 0 Å². The van der Waals surface area contributed by atoms with Crippen LogP contribution in [0.15, 0.2) is 51.6 Å². The zero-order valence-corrected chi connectivity index (χ0v) is 9.62. The maximum Gasteiger partial charge on any atom is 0.169 e. The van der Waals surface area contributed by atoms with Crippen molar-refractivity contribution in [3.05, 3.63) is 58.5 Å². The van der Waals surface area contributed by atoms with Gasteiger partial charge in [-0.15, -0.1) is 11.6 Å². The van der Waals surface area contributed by atoms with E-state index < -0.39 is 0 Å². The van der Waals surface area contributed by atoms with Crippen molar-refractivity contribution in [2.75, 3.05) is 0 Å². The minimum atomic E-state index is -0.220. The number of alkyl halides is 1. The van der Waals surface area contributed by atoms with Gasteiger partial charge in [-0.1, -0.05) is 30.3 Å². The van der Waals surface area contributed by atoms with Gasteiger partial charge in [-0.2, -0.15) is 0 Å². The summed E-state index contributed by atoms with van der Waals surface area (Å²) in [4.78, 5) is 0. The summed E-state index contributed by atoms with van der Waals surface area (Å²) in [5.74, 6) is 0.754. The van der Waals surface area contributed by atoms with Gasteiger partial charge in [0.15, 0.2) is 4.67 Å². The second kappa shape index (κ2) is 4.20. The average molecular weight is 272 g/mol. The predicted octanol–water partition coefficient (Wildman–Crippen LogP) is 4.37. The fraction of sp³-hybridized carbons (Fsp3) is 0.0909. The largest absolute Gasteiger partial charge is 0.452 e. The number of benzene rings is 1. The summed E-state index contributed by atoms with van der Waals surface area (Å²) in [6, 6.07) is 13.6. The summed E-state index contributed by atoms with van der Waals surface area (Å²) in [6.45, 7) is 0. The van der Waals surface area contributed by atoms with E-state index in [1.165, 1.54) is 0 Å². The van der Waals surface area contributed by atoms with Gasteiger partial charge < -0.3 is 4.42 Å². The second-order valence-electron chi connectivity index (χ2n) is 2.92. The van der Waals surface area contributed by atoms with Crippen LogP contribution in [0.4, 0.5) is 0 Å². The van der Waals surface area contributed by atoms with Crippen LogP contribution in [-0.2, 0) is 0 Å². The molecule has 1 atom stereocenters. The smallest absolute Gasteiger partial charge is 0.169 e. The molecule has 2 aromatic rings. The fourth-order valence-corrected chi connectivity index (χ4v) is 1.83. The number of rotatable bonds is 2. The Kier molecular flexibility index (Phi) is 2.94. The van der Waals surface area contributed by atoms with Gasteiger partial charge in [0, 0.05) is 0 Å². The Morgan fingerprint density at radius 3 is 2.36 bits per heavy atom. The number of furan rings is 1. The number of hydrogen-bond donors (Lipinski definition) is 0. The molecule has 1 aromatic heterocycles. The highest BCUT2D eigenvalue weighted by Crippen LogP contribution is 2.30. The maximum atomic E-state index is 6.23. The Morgan fingerprint density at radius 2 is 1.79 bits per heavy atom. The zero-order valence-electron chi connectivity index (χ0n) is 7.28. The van der Waals surface area contributed by atoms with E-state index >= 15 is 0 Å². The molecule has 72 valence electrons. The van der Waals surface area contributed by atoms with Crippen LogP contribution in [-0.4, -0.2) is 0 Å². The molecule has 0 amide bonds. The highest BCUT2D eigenvalue weighted by atomic mass is 79.9. The van der Waals surface area contributed by atoms with Gasteiger partial charge in [-0.25, -0.2) is 0 Å². The third-order valence-electron chi connectivity index (χ3n) is 1.94. The molecule has 1 nitrogen and oxygen atoms in total. The van der Waals surface area contributed by atoms with Crippen LogP contribution in [0.2, 0.25) is 0 Å². The number of hydrogen-bond acceptors (Lipinski definition) is 1. The van der Waals surface area contributed by atoms with Crippen molar-refractivity contribution in [1.29, 1.82) is 0 Å². The minimum absolute atomic E-state index is 0.220. The first-order chi connectivity index (χ1) is 6.77. The van der Waals surface area contributed by atoms with Crippen molar-refractivity contribution < 1.29 is 4.42 Å². The lowest BCUT2D eigenvalue weighted by molar-refractivity contribution is 0.494. The summed E-state index contributed by atoms with van der Waals surface area (Å²) in [5.41, 5.74) is 1.04. The molecule has 0 saturated carbocycles. The van der Waals surface area contributed by atoms with E-state index in [1.54, 1.807) is 0 Å². The summed E-state index contributed by atoms with van der Waals surface area (Å²) in [7, 11) is 0. The molecule has 1 heterocycles. The zero-order chi connectivity index (χ0) is 9.97. The lowest BCUT2D eigenvalue weighted by Gasteiger charge is -2.05. The highest BCUT2D eigenvalue weighted by Gasteiger charge is 2.13. The lowest BCUT2D eigenvalue weighted by Crippen LogP contribution is -1.89. The fourth-order valence-electron chi connectivity index (χ4n) is 1.25. The summed E-state index contributed by atoms with van der Waals surface area (Å²) in [6.07, 6.45) is 0. The van der Waals surface area contributed by atoms with Gasteiger partial charge in [0.1, 0.15) is 11.1 Å². The van der Waals surface area contributed by atoms with Crippen LogP contribution in [0.3, 0.4) is 0 Å². The molecule has 1 unspecified atom stereocenters. The molecule has 0 radical (unpaired) electrons. The van der Waals surface area contributed by atoms with Crippen LogP contribution < -0.4 is 0 Å². The van der Waals surface area contributed by atoms with Crippen LogP contribution in [0.5, 0.6) is 0 Å². The molecule has 0 bridgehead atoms. The van der Waals surface area contributed by atoms with E-state index in [4.69, 9.17) is 16.0 Å². The first kappa shape index (κ1) is 9.81. The van der Waals surface area contributed by atoms with E-state index in [9.17, 15) is 0 Å². The third kappa shape index (κ3) is 2.02. The van der Waals surface area contributed by atoms with Gasteiger partial charge in [-0.05, 0) is 33.6 Å². The van der Waals surface area contributed by atoms with Crippen LogP contribution >= 0.6 is 27.5 Å². The van der Waals surface area contributed by atoms with E-state index in [2.05, 4.69) is 15.9 Å². The standard InChI is InChI=1S/C11H8BrClO/c12-10-7-6-9(14-10)11(13)8-4-2-1-3-5-8/h1-7,11H. The Labute approximate surface area is 95.8 Å². The van der Waals surface area contributed by atoms with Crippen LogP contribution in [0, 0.1) is 0 Å². The topological polar surface area (TPSA) is 13.1 Å². The van der Waals surface area contributed by atoms with E-state index in [0.717, 1.165) is 11.3 Å². The van der Waals surface area contributed by atoms with Crippen molar-refractivity contribution >= 4 is 27.5 Å². The van der Waals surface area contributed by atoms with Crippen molar-refractivity contribution in [3.63, 3.8) is 0 Å². The molecular weight excluding hydrogens is 263 g/mol. The first-order valence-corrected chi connectivity index (χ1v) is 5.44. The quantitative estimate of drug-likeness (QED) is 0.739. The monoisotopic (exact) mass is 270 g/mol. The van der Waals surface area contributed by atoms with Crippen LogP contribution in [0.1, 0.15) is 16.7 Å². The molecule has 2 rings (SSSR count). The molecule has 0 aliphatic carbocycles. The second-order valence-corrected chi connectivity index (χ2v) is 4.13. The van der Waals surface area contributed by atoms with Gasteiger partial charge in [0.2, 0.25) is 0 Å². The molecule has 0 spiro atoms. The molecule has 3 heteroatoms. The van der Waals surface area contributed by atoms with Crippen LogP contribution in [0.25, 0.3) is 0 Å². The molecule has 0 saturated heterocycles.